The lowest BCUT2D eigenvalue weighted by atomic mass is 9.79. The highest BCUT2D eigenvalue weighted by atomic mass is 16.2. The summed E-state index contributed by atoms with van der Waals surface area (Å²) >= 11 is 0. The summed E-state index contributed by atoms with van der Waals surface area (Å²) in [5.74, 6) is 5.44. The van der Waals surface area contributed by atoms with Crippen molar-refractivity contribution < 1.29 is 4.79 Å². The number of amides is 1. The van der Waals surface area contributed by atoms with Gasteiger partial charge in [-0.1, -0.05) is 25.2 Å². The fraction of sp³-hybridized carbons (Fsp3) is 0.769. The number of hydrogen-bond donors (Lipinski definition) is 1. The molecule has 1 aliphatic heterocycles. The van der Waals surface area contributed by atoms with E-state index in [2.05, 4.69) is 17.2 Å². The Kier molecular flexibility index (Phi) is 3.50. The lowest BCUT2D eigenvalue weighted by Crippen LogP contribution is -2.63. The summed E-state index contributed by atoms with van der Waals surface area (Å²) in [6.07, 6.45) is 6.06. The molecular weight excluding hydrogens is 200 g/mol. The molecule has 1 saturated heterocycles. The Balaban J connectivity index is 2.17. The van der Waals surface area contributed by atoms with E-state index >= 15 is 0 Å². The monoisotopic (exact) mass is 220 g/mol. The smallest absolute Gasteiger partial charge is 0.299 e. The van der Waals surface area contributed by atoms with Gasteiger partial charge in [0.2, 0.25) is 0 Å². The van der Waals surface area contributed by atoms with Gasteiger partial charge in [0.05, 0.1) is 5.54 Å². The van der Waals surface area contributed by atoms with Crippen LogP contribution in [0.15, 0.2) is 0 Å². The molecule has 2 aliphatic rings. The van der Waals surface area contributed by atoms with E-state index in [9.17, 15) is 4.79 Å². The second-order valence-electron chi connectivity index (χ2n) is 4.79. The molecule has 2 fully saturated rings. The number of hydrogen-bond acceptors (Lipinski definition) is 2. The van der Waals surface area contributed by atoms with Gasteiger partial charge >= 0.3 is 0 Å². The first kappa shape index (κ1) is 11.5. The topological polar surface area (TPSA) is 32.3 Å². The van der Waals surface area contributed by atoms with Gasteiger partial charge in [-0.15, -0.1) is 0 Å². The second kappa shape index (κ2) is 4.88. The van der Waals surface area contributed by atoms with Gasteiger partial charge in [-0.2, -0.15) is 0 Å². The normalized spacial score (nSPS) is 23.7. The van der Waals surface area contributed by atoms with E-state index in [1.165, 1.54) is 19.3 Å². The minimum absolute atomic E-state index is 0.0194. The summed E-state index contributed by atoms with van der Waals surface area (Å²) in [6, 6.07) is 0. The second-order valence-corrected chi connectivity index (χ2v) is 4.79. The van der Waals surface area contributed by atoms with E-state index in [0.29, 0.717) is 0 Å². The first-order chi connectivity index (χ1) is 7.78. The third-order valence-electron chi connectivity index (χ3n) is 3.80. The fourth-order valence-corrected chi connectivity index (χ4v) is 2.99. The molecule has 0 aromatic carbocycles. The largest absolute Gasteiger partial charge is 0.324 e. The first-order valence-corrected chi connectivity index (χ1v) is 6.24. The van der Waals surface area contributed by atoms with Crippen LogP contribution in [0.3, 0.4) is 0 Å². The van der Waals surface area contributed by atoms with Gasteiger partial charge in [0.15, 0.2) is 0 Å². The van der Waals surface area contributed by atoms with E-state index in [-0.39, 0.29) is 11.4 Å². The third-order valence-corrected chi connectivity index (χ3v) is 3.80. The van der Waals surface area contributed by atoms with Crippen LogP contribution in [0.25, 0.3) is 0 Å². The number of carbonyl (C=O) groups excluding carboxylic acids is 1. The molecule has 1 spiro atoms. The molecule has 1 aliphatic carbocycles. The van der Waals surface area contributed by atoms with Gasteiger partial charge in [0.1, 0.15) is 0 Å². The number of piperazine rings is 1. The molecule has 2 rings (SSSR count). The number of nitrogens with one attached hydrogen (secondary N) is 1. The third kappa shape index (κ3) is 2.08. The lowest BCUT2D eigenvalue weighted by Gasteiger charge is -2.49. The summed E-state index contributed by atoms with van der Waals surface area (Å²) in [4.78, 5) is 14.0. The summed E-state index contributed by atoms with van der Waals surface area (Å²) in [5.41, 5.74) is 0.0669. The minimum Gasteiger partial charge on any atom is -0.324 e. The minimum atomic E-state index is 0.0194. The Morgan fingerprint density at radius 2 is 2.06 bits per heavy atom. The molecule has 0 bridgehead atoms. The van der Waals surface area contributed by atoms with Crippen molar-refractivity contribution in [3.63, 3.8) is 0 Å². The quantitative estimate of drug-likeness (QED) is 0.621. The Morgan fingerprint density at radius 3 is 2.75 bits per heavy atom. The zero-order chi connectivity index (χ0) is 11.4. The molecule has 0 aromatic rings. The van der Waals surface area contributed by atoms with Gasteiger partial charge in [-0.25, -0.2) is 0 Å². The molecule has 3 heteroatoms. The van der Waals surface area contributed by atoms with Crippen LogP contribution >= 0.6 is 0 Å². The fourth-order valence-electron chi connectivity index (χ4n) is 2.99. The summed E-state index contributed by atoms with van der Waals surface area (Å²) in [7, 11) is 0. The van der Waals surface area contributed by atoms with Gasteiger partial charge in [0.25, 0.3) is 5.91 Å². The Morgan fingerprint density at radius 1 is 1.31 bits per heavy atom. The molecule has 0 atom stereocenters. The van der Waals surface area contributed by atoms with Crippen LogP contribution in [0, 0.1) is 11.8 Å². The van der Waals surface area contributed by atoms with Crippen LogP contribution in [0.4, 0.5) is 0 Å². The van der Waals surface area contributed by atoms with Crippen LogP contribution in [0.1, 0.15) is 39.0 Å². The lowest BCUT2D eigenvalue weighted by molar-refractivity contribution is -0.134. The predicted molar refractivity (Wildman–Crippen MR) is 63.8 cm³/mol. The van der Waals surface area contributed by atoms with E-state index in [1.54, 1.807) is 6.92 Å². The summed E-state index contributed by atoms with van der Waals surface area (Å²) in [5, 5.41) is 3.43. The standard InChI is InChI=1S/C13H20N2O/c1-2-6-12(16)15-10-9-14-11-13(15)7-4-3-5-8-13/h14H,3-5,7-11H2,1H3. The van der Waals surface area contributed by atoms with Crippen LogP contribution in [-0.4, -0.2) is 36.0 Å². The summed E-state index contributed by atoms with van der Waals surface area (Å²) in [6.45, 7) is 4.39. The molecule has 16 heavy (non-hydrogen) atoms. The number of rotatable bonds is 0. The van der Waals surface area contributed by atoms with Crippen molar-refractivity contribution in [2.24, 2.45) is 0 Å². The molecule has 3 nitrogen and oxygen atoms in total. The maximum absolute atomic E-state index is 12.0. The highest BCUT2D eigenvalue weighted by Gasteiger charge is 2.41. The van der Waals surface area contributed by atoms with Crippen molar-refractivity contribution in [2.45, 2.75) is 44.6 Å². The van der Waals surface area contributed by atoms with Crippen molar-refractivity contribution in [1.82, 2.24) is 10.2 Å². The van der Waals surface area contributed by atoms with E-state index < -0.39 is 0 Å². The summed E-state index contributed by atoms with van der Waals surface area (Å²) < 4.78 is 0. The van der Waals surface area contributed by atoms with Crippen molar-refractivity contribution >= 4 is 5.91 Å². The van der Waals surface area contributed by atoms with Crippen LogP contribution in [0.5, 0.6) is 0 Å². The maximum Gasteiger partial charge on any atom is 0.299 e. The first-order valence-electron chi connectivity index (χ1n) is 6.24. The molecule has 1 saturated carbocycles. The van der Waals surface area contributed by atoms with Crippen LogP contribution in [0.2, 0.25) is 0 Å². The van der Waals surface area contributed by atoms with Crippen molar-refractivity contribution in [3.8, 4) is 11.8 Å². The Bertz CT molecular complexity index is 312. The molecule has 0 aromatic heterocycles. The van der Waals surface area contributed by atoms with Gasteiger partial charge in [0, 0.05) is 19.6 Å². The van der Waals surface area contributed by atoms with E-state index in [1.807, 2.05) is 4.90 Å². The van der Waals surface area contributed by atoms with E-state index in [0.717, 1.165) is 32.5 Å². The average molecular weight is 220 g/mol. The molecule has 0 radical (unpaired) electrons. The predicted octanol–water partition coefficient (Wildman–Crippen LogP) is 1.14. The maximum atomic E-state index is 12.0. The zero-order valence-corrected chi connectivity index (χ0v) is 10.0. The van der Waals surface area contributed by atoms with Gasteiger partial charge in [-0.05, 0) is 25.7 Å². The van der Waals surface area contributed by atoms with Gasteiger partial charge in [-0.3, -0.25) is 4.79 Å². The van der Waals surface area contributed by atoms with Crippen LogP contribution in [-0.2, 0) is 4.79 Å². The molecule has 1 N–H and O–H groups in total. The molecule has 88 valence electrons. The van der Waals surface area contributed by atoms with E-state index in [4.69, 9.17) is 0 Å². The van der Waals surface area contributed by atoms with Crippen LogP contribution < -0.4 is 5.32 Å². The van der Waals surface area contributed by atoms with Gasteiger partial charge < -0.3 is 10.2 Å². The Labute approximate surface area is 97.6 Å². The highest BCUT2D eigenvalue weighted by molar-refractivity contribution is 5.94. The van der Waals surface area contributed by atoms with Crippen molar-refractivity contribution in [2.75, 3.05) is 19.6 Å². The Hall–Kier alpha value is -1.01. The number of nitrogens with zero attached hydrogens (tertiary/aromatic N) is 1. The molecular formula is C13H20N2O. The zero-order valence-electron chi connectivity index (χ0n) is 10.0. The molecule has 1 amide bonds. The van der Waals surface area contributed by atoms with Crippen molar-refractivity contribution in [3.05, 3.63) is 0 Å². The number of carbonyl (C=O) groups is 1. The van der Waals surface area contributed by atoms with Crippen molar-refractivity contribution in [1.29, 1.82) is 0 Å². The average Bonchev–Trinajstić information content (AvgIpc) is 2.31. The molecule has 1 heterocycles. The molecule has 0 unspecified atom stereocenters. The SMILES string of the molecule is CC#CC(=O)N1CCNCC12CCCCC2. The highest BCUT2D eigenvalue weighted by Crippen LogP contribution is 2.34.